The van der Waals surface area contributed by atoms with Crippen molar-refractivity contribution in [1.29, 1.82) is 0 Å². The number of nitrogens with one attached hydrogen (secondary N) is 1. The quantitative estimate of drug-likeness (QED) is 0.801. The largest absolute Gasteiger partial charge is 0.355 e. The van der Waals surface area contributed by atoms with Gasteiger partial charge in [0, 0.05) is 11.9 Å². The Morgan fingerprint density at radius 1 is 1.64 bits per heavy atom. The first-order chi connectivity index (χ1) is 6.78. The van der Waals surface area contributed by atoms with Gasteiger partial charge >= 0.3 is 0 Å². The number of aromatic nitrogens is 1. The molecule has 4 heteroatoms. The van der Waals surface area contributed by atoms with E-state index < -0.39 is 0 Å². The molecule has 1 aromatic heterocycles. The van der Waals surface area contributed by atoms with Crippen molar-refractivity contribution in [3.8, 4) is 0 Å². The molecule has 0 amide bonds. The Kier molecular flexibility index (Phi) is 2.74. The highest BCUT2D eigenvalue weighted by Gasteiger charge is 2.35. The number of nitrogens with two attached hydrogens (primary N) is 1. The number of aryl methyl sites for hydroxylation is 1. The summed E-state index contributed by atoms with van der Waals surface area (Å²) in [5.41, 5.74) is 7.10. The molecule has 0 aromatic carbocycles. The van der Waals surface area contributed by atoms with Gasteiger partial charge in [-0.1, -0.05) is 6.92 Å². The van der Waals surface area contributed by atoms with Gasteiger partial charge in [-0.25, -0.2) is 4.98 Å². The summed E-state index contributed by atoms with van der Waals surface area (Å²) in [6.45, 7) is 2.84. The molecule has 1 heterocycles. The first kappa shape index (κ1) is 9.93. The molecule has 1 aromatic rings. The molecule has 1 aliphatic carbocycles. The van der Waals surface area contributed by atoms with Gasteiger partial charge in [0.15, 0.2) is 5.13 Å². The number of thiazole rings is 1. The van der Waals surface area contributed by atoms with E-state index >= 15 is 0 Å². The van der Waals surface area contributed by atoms with Crippen molar-refractivity contribution in [1.82, 2.24) is 4.98 Å². The van der Waals surface area contributed by atoms with Gasteiger partial charge in [-0.3, -0.25) is 0 Å². The minimum atomic E-state index is 0.156. The highest BCUT2D eigenvalue weighted by atomic mass is 32.1. The van der Waals surface area contributed by atoms with Crippen LogP contribution in [0.3, 0.4) is 0 Å². The summed E-state index contributed by atoms with van der Waals surface area (Å²) >= 11 is 1.69. The molecule has 14 heavy (non-hydrogen) atoms. The van der Waals surface area contributed by atoms with Gasteiger partial charge < -0.3 is 11.1 Å². The Labute approximate surface area is 88.7 Å². The van der Waals surface area contributed by atoms with Crippen LogP contribution >= 0.6 is 11.3 Å². The second-order valence-corrected chi connectivity index (χ2v) is 4.82. The zero-order valence-corrected chi connectivity index (χ0v) is 9.36. The van der Waals surface area contributed by atoms with Crippen molar-refractivity contribution in [2.45, 2.75) is 38.1 Å². The van der Waals surface area contributed by atoms with Crippen molar-refractivity contribution in [2.24, 2.45) is 5.73 Å². The van der Waals surface area contributed by atoms with Crippen LogP contribution in [0.2, 0.25) is 0 Å². The van der Waals surface area contributed by atoms with E-state index in [1.165, 1.54) is 25.0 Å². The van der Waals surface area contributed by atoms with E-state index in [-0.39, 0.29) is 5.54 Å². The van der Waals surface area contributed by atoms with Crippen LogP contribution in [0.25, 0.3) is 0 Å². The summed E-state index contributed by atoms with van der Waals surface area (Å²) in [7, 11) is 0. The van der Waals surface area contributed by atoms with E-state index in [4.69, 9.17) is 5.73 Å². The fourth-order valence-corrected chi connectivity index (χ4v) is 2.65. The Balaban J connectivity index is 2.02. The number of rotatable bonds is 4. The molecule has 1 aliphatic rings. The summed E-state index contributed by atoms with van der Waals surface area (Å²) in [5.74, 6) is 0. The number of hydrogen-bond acceptors (Lipinski definition) is 4. The van der Waals surface area contributed by atoms with Gasteiger partial charge in [0.05, 0.1) is 11.2 Å². The Hall–Kier alpha value is -0.610. The number of hydrogen-bond donors (Lipinski definition) is 2. The molecular formula is C10H17N3S. The Morgan fingerprint density at radius 2 is 2.43 bits per heavy atom. The predicted octanol–water partition coefficient (Wildman–Crippen LogP) is 2.00. The second-order valence-electron chi connectivity index (χ2n) is 3.96. The van der Waals surface area contributed by atoms with Crippen LogP contribution in [-0.2, 0) is 6.42 Å². The molecule has 0 radical (unpaired) electrons. The fourth-order valence-electron chi connectivity index (χ4n) is 1.74. The van der Waals surface area contributed by atoms with Crippen LogP contribution in [0.1, 0.15) is 31.9 Å². The van der Waals surface area contributed by atoms with Crippen molar-refractivity contribution in [3.05, 3.63) is 11.1 Å². The van der Waals surface area contributed by atoms with Crippen LogP contribution in [0, 0.1) is 0 Å². The Morgan fingerprint density at radius 3 is 2.86 bits per heavy atom. The standard InChI is InChI=1S/C10H17N3S/c1-2-8-6-14-9(12-8)13-10(7-11)4-3-5-10/h6H,2-5,7,11H2,1H3,(H,12,13). The van der Waals surface area contributed by atoms with E-state index in [2.05, 4.69) is 22.6 Å². The summed E-state index contributed by atoms with van der Waals surface area (Å²) in [6.07, 6.45) is 4.67. The molecule has 1 saturated carbocycles. The molecule has 0 atom stereocenters. The van der Waals surface area contributed by atoms with E-state index in [1.807, 2.05) is 0 Å². The molecule has 1 fully saturated rings. The topological polar surface area (TPSA) is 50.9 Å². The van der Waals surface area contributed by atoms with E-state index in [1.54, 1.807) is 11.3 Å². The lowest BCUT2D eigenvalue weighted by atomic mass is 9.77. The molecule has 2 rings (SSSR count). The van der Waals surface area contributed by atoms with Crippen LogP contribution in [0.5, 0.6) is 0 Å². The third kappa shape index (κ3) is 1.77. The van der Waals surface area contributed by atoms with Crippen molar-refractivity contribution in [3.63, 3.8) is 0 Å². The van der Waals surface area contributed by atoms with Gasteiger partial charge in [-0.05, 0) is 25.7 Å². The molecule has 0 bridgehead atoms. The highest BCUT2D eigenvalue weighted by Crippen LogP contribution is 2.35. The molecule has 0 aliphatic heterocycles. The SMILES string of the molecule is CCc1csc(NC2(CN)CCC2)n1. The van der Waals surface area contributed by atoms with Crippen LogP contribution in [0.4, 0.5) is 5.13 Å². The maximum atomic E-state index is 5.77. The van der Waals surface area contributed by atoms with Crippen LogP contribution in [-0.4, -0.2) is 17.1 Å². The molecule has 0 spiro atoms. The highest BCUT2D eigenvalue weighted by molar-refractivity contribution is 7.13. The average molecular weight is 211 g/mol. The first-order valence-electron chi connectivity index (χ1n) is 5.21. The average Bonchev–Trinajstić information content (AvgIpc) is 2.59. The molecule has 0 saturated heterocycles. The second kappa shape index (κ2) is 3.87. The van der Waals surface area contributed by atoms with Gasteiger partial charge in [0.2, 0.25) is 0 Å². The third-order valence-electron chi connectivity index (χ3n) is 2.99. The summed E-state index contributed by atoms with van der Waals surface area (Å²) in [4.78, 5) is 4.50. The van der Waals surface area contributed by atoms with Gasteiger partial charge in [0.1, 0.15) is 0 Å². The van der Waals surface area contributed by atoms with Crippen LogP contribution in [0.15, 0.2) is 5.38 Å². The Bertz CT molecular complexity index is 299. The maximum Gasteiger partial charge on any atom is 0.183 e. The lowest BCUT2D eigenvalue weighted by Gasteiger charge is -2.41. The van der Waals surface area contributed by atoms with Gasteiger partial charge in [-0.2, -0.15) is 0 Å². The zero-order chi connectivity index (χ0) is 10.0. The summed E-state index contributed by atoms with van der Waals surface area (Å²) < 4.78 is 0. The number of nitrogens with zero attached hydrogens (tertiary/aromatic N) is 1. The maximum absolute atomic E-state index is 5.77. The molecular weight excluding hydrogens is 194 g/mol. The minimum absolute atomic E-state index is 0.156. The van der Waals surface area contributed by atoms with Gasteiger partial charge in [-0.15, -0.1) is 11.3 Å². The molecule has 3 N–H and O–H groups in total. The van der Waals surface area contributed by atoms with Crippen molar-refractivity contribution in [2.75, 3.05) is 11.9 Å². The summed E-state index contributed by atoms with van der Waals surface area (Å²) in [5, 5.41) is 6.63. The lowest BCUT2D eigenvalue weighted by Crippen LogP contribution is -2.51. The minimum Gasteiger partial charge on any atom is -0.355 e. The smallest absolute Gasteiger partial charge is 0.183 e. The van der Waals surface area contributed by atoms with E-state index in [9.17, 15) is 0 Å². The number of anilines is 1. The van der Waals surface area contributed by atoms with Crippen molar-refractivity contribution < 1.29 is 0 Å². The monoisotopic (exact) mass is 211 g/mol. The van der Waals surface area contributed by atoms with E-state index in [0.717, 1.165) is 11.6 Å². The van der Waals surface area contributed by atoms with Gasteiger partial charge in [0.25, 0.3) is 0 Å². The molecule has 78 valence electrons. The zero-order valence-electron chi connectivity index (χ0n) is 8.55. The molecule has 0 unspecified atom stereocenters. The molecule has 3 nitrogen and oxygen atoms in total. The predicted molar refractivity (Wildman–Crippen MR) is 60.8 cm³/mol. The van der Waals surface area contributed by atoms with Crippen molar-refractivity contribution >= 4 is 16.5 Å². The normalized spacial score (nSPS) is 19.0. The summed E-state index contributed by atoms with van der Waals surface area (Å²) in [6, 6.07) is 0. The first-order valence-corrected chi connectivity index (χ1v) is 6.08. The third-order valence-corrected chi connectivity index (χ3v) is 3.79. The lowest BCUT2D eigenvalue weighted by molar-refractivity contribution is 0.287. The van der Waals surface area contributed by atoms with Crippen LogP contribution < -0.4 is 11.1 Å². The van der Waals surface area contributed by atoms with E-state index in [0.29, 0.717) is 6.54 Å². The fraction of sp³-hybridized carbons (Fsp3) is 0.700.